The van der Waals surface area contributed by atoms with E-state index in [2.05, 4.69) is 20.3 Å². The smallest absolute Gasteiger partial charge is 0.292 e. The van der Waals surface area contributed by atoms with Gasteiger partial charge in [0.2, 0.25) is 5.76 Å². The first-order valence-electron chi connectivity index (χ1n) is 7.98. The number of carbonyl (C=O) groups is 1. The van der Waals surface area contributed by atoms with Crippen LogP contribution < -0.4 is 4.74 Å². The highest BCUT2D eigenvalue weighted by Crippen LogP contribution is 2.40. The van der Waals surface area contributed by atoms with Crippen LogP contribution in [0.5, 0.6) is 5.88 Å². The fourth-order valence-corrected chi connectivity index (χ4v) is 3.40. The van der Waals surface area contributed by atoms with Gasteiger partial charge in [-0.2, -0.15) is 5.10 Å². The number of aromatic nitrogens is 4. The number of hydrogen-bond acceptors (Lipinski definition) is 7. The van der Waals surface area contributed by atoms with Crippen molar-refractivity contribution in [3.63, 3.8) is 0 Å². The Kier molecular flexibility index (Phi) is 3.72. The summed E-state index contributed by atoms with van der Waals surface area (Å²) in [5.41, 5.74) is 0. The summed E-state index contributed by atoms with van der Waals surface area (Å²) in [6.07, 6.45) is 1.67. The minimum atomic E-state index is -0.190. The lowest BCUT2D eigenvalue weighted by atomic mass is 9.91. The highest BCUT2D eigenvalue weighted by atomic mass is 16.5. The van der Waals surface area contributed by atoms with Crippen molar-refractivity contribution in [2.75, 3.05) is 20.2 Å². The number of fused-ring (bicyclic) bond motifs is 1. The molecule has 128 valence electrons. The number of rotatable bonds is 3. The Morgan fingerprint density at radius 3 is 3.08 bits per heavy atom. The van der Waals surface area contributed by atoms with Gasteiger partial charge in [0, 0.05) is 13.1 Å². The zero-order valence-corrected chi connectivity index (χ0v) is 13.6. The summed E-state index contributed by atoms with van der Waals surface area (Å²) in [4.78, 5) is 18.6. The molecule has 0 saturated carbocycles. The van der Waals surface area contributed by atoms with Crippen LogP contribution in [0.15, 0.2) is 10.6 Å². The van der Waals surface area contributed by atoms with Gasteiger partial charge < -0.3 is 18.9 Å². The molecule has 1 amide bonds. The summed E-state index contributed by atoms with van der Waals surface area (Å²) in [6.45, 7) is 3.07. The molecule has 4 rings (SSSR count). The SMILES string of the molecule is COc1cc(C(=O)N2CCC3C[C@H](c4n[nH]c(C)n4)O[C@@H]3C2)on1. The molecule has 0 aromatic carbocycles. The predicted octanol–water partition coefficient (Wildman–Crippen LogP) is 1.10. The molecule has 2 saturated heterocycles. The van der Waals surface area contributed by atoms with Gasteiger partial charge >= 0.3 is 0 Å². The maximum absolute atomic E-state index is 12.5. The van der Waals surface area contributed by atoms with Gasteiger partial charge in [0.15, 0.2) is 5.82 Å². The quantitative estimate of drug-likeness (QED) is 0.896. The topological polar surface area (TPSA) is 106 Å². The lowest BCUT2D eigenvalue weighted by Gasteiger charge is -2.33. The van der Waals surface area contributed by atoms with Crippen LogP contribution in [0.1, 0.15) is 41.1 Å². The number of piperidine rings is 1. The second-order valence-corrected chi connectivity index (χ2v) is 6.21. The van der Waals surface area contributed by atoms with Crippen molar-refractivity contribution < 1.29 is 18.8 Å². The van der Waals surface area contributed by atoms with Crippen molar-refractivity contribution in [3.8, 4) is 5.88 Å². The van der Waals surface area contributed by atoms with Crippen molar-refractivity contribution in [2.45, 2.75) is 32.0 Å². The van der Waals surface area contributed by atoms with Crippen molar-refractivity contribution >= 4 is 5.91 Å². The van der Waals surface area contributed by atoms with Crippen LogP contribution in [0, 0.1) is 12.8 Å². The van der Waals surface area contributed by atoms with Gasteiger partial charge in [-0.1, -0.05) is 0 Å². The predicted molar refractivity (Wildman–Crippen MR) is 80.4 cm³/mol. The first-order valence-corrected chi connectivity index (χ1v) is 7.98. The molecule has 24 heavy (non-hydrogen) atoms. The van der Waals surface area contributed by atoms with Crippen LogP contribution in [-0.4, -0.2) is 57.4 Å². The normalized spacial score (nSPS) is 26.4. The van der Waals surface area contributed by atoms with Gasteiger partial charge in [0.25, 0.3) is 11.8 Å². The fraction of sp³-hybridized carbons (Fsp3) is 0.600. The molecule has 2 aromatic rings. The van der Waals surface area contributed by atoms with Gasteiger partial charge in [0.1, 0.15) is 11.9 Å². The number of nitrogens with zero attached hydrogens (tertiary/aromatic N) is 4. The molecule has 1 unspecified atom stereocenters. The van der Waals surface area contributed by atoms with Gasteiger partial charge in [0.05, 0.1) is 19.3 Å². The van der Waals surface area contributed by atoms with Crippen molar-refractivity contribution in [3.05, 3.63) is 23.5 Å². The third kappa shape index (κ3) is 2.64. The highest BCUT2D eigenvalue weighted by Gasteiger charge is 2.42. The van der Waals surface area contributed by atoms with Crippen molar-refractivity contribution in [2.24, 2.45) is 5.92 Å². The Morgan fingerprint density at radius 2 is 2.38 bits per heavy atom. The Morgan fingerprint density at radius 1 is 1.50 bits per heavy atom. The Labute approximate surface area is 138 Å². The Hall–Kier alpha value is -2.42. The summed E-state index contributed by atoms with van der Waals surface area (Å²) < 4.78 is 16.1. The minimum Gasteiger partial charge on any atom is -0.479 e. The molecule has 0 aliphatic carbocycles. The number of hydrogen-bond donors (Lipinski definition) is 1. The van der Waals surface area contributed by atoms with Crippen LogP contribution in [0.2, 0.25) is 0 Å². The molecule has 2 fully saturated rings. The zero-order chi connectivity index (χ0) is 16.7. The standard InChI is InChI=1S/C15H19N5O4/c1-8-16-14(18-17-8)10-5-9-3-4-20(7-12(9)23-10)15(21)11-6-13(22-2)19-24-11/h6,9-10,12H,3-5,7H2,1-2H3,(H,16,17,18)/t9?,10-,12-/m1/s1. The van der Waals surface area contributed by atoms with E-state index in [9.17, 15) is 4.79 Å². The van der Waals surface area contributed by atoms with E-state index in [4.69, 9.17) is 14.0 Å². The average Bonchev–Trinajstić information content (AvgIpc) is 3.31. The number of H-pyrrole nitrogens is 1. The number of aromatic amines is 1. The third-order valence-corrected chi connectivity index (χ3v) is 4.65. The number of ether oxygens (including phenoxy) is 2. The number of aryl methyl sites for hydroxylation is 1. The van der Waals surface area contributed by atoms with Crippen LogP contribution in [0.25, 0.3) is 0 Å². The van der Waals surface area contributed by atoms with E-state index in [1.165, 1.54) is 13.2 Å². The number of nitrogens with one attached hydrogen (secondary N) is 1. The first kappa shape index (κ1) is 15.1. The van der Waals surface area contributed by atoms with E-state index in [-0.39, 0.29) is 23.9 Å². The number of carbonyl (C=O) groups excluding carboxylic acids is 1. The van der Waals surface area contributed by atoms with E-state index in [0.717, 1.165) is 18.7 Å². The van der Waals surface area contributed by atoms with Crippen LogP contribution in [0.4, 0.5) is 0 Å². The largest absolute Gasteiger partial charge is 0.479 e. The molecular formula is C15H19N5O4. The van der Waals surface area contributed by atoms with Crippen LogP contribution in [0.3, 0.4) is 0 Å². The molecular weight excluding hydrogens is 314 g/mol. The maximum atomic E-state index is 12.5. The molecule has 9 heteroatoms. The van der Waals surface area contributed by atoms with E-state index in [1.54, 1.807) is 4.90 Å². The van der Waals surface area contributed by atoms with Crippen molar-refractivity contribution in [1.29, 1.82) is 0 Å². The maximum Gasteiger partial charge on any atom is 0.292 e. The molecule has 3 atom stereocenters. The van der Waals surface area contributed by atoms with E-state index in [0.29, 0.717) is 30.7 Å². The second kappa shape index (κ2) is 5.90. The molecule has 0 bridgehead atoms. The summed E-state index contributed by atoms with van der Waals surface area (Å²) in [6, 6.07) is 1.50. The van der Waals surface area contributed by atoms with E-state index < -0.39 is 0 Å². The summed E-state index contributed by atoms with van der Waals surface area (Å²) in [7, 11) is 1.48. The molecule has 2 aliphatic heterocycles. The monoisotopic (exact) mass is 333 g/mol. The average molecular weight is 333 g/mol. The molecule has 0 spiro atoms. The zero-order valence-electron chi connectivity index (χ0n) is 13.6. The molecule has 2 aromatic heterocycles. The first-order chi connectivity index (χ1) is 11.6. The van der Waals surface area contributed by atoms with Crippen LogP contribution >= 0.6 is 0 Å². The summed E-state index contributed by atoms with van der Waals surface area (Å²) in [5.74, 6) is 2.18. The lowest BCUT2D eigenvalue weighted by Crippen LogP contribution is -2.45. The summed E-state index contributed by atoms with van der Waals surface area (Å²) in [5, 5.41) is 10.7. The fourth-order valence-electron chi connectivity index (χ4n) is 3.40. The minimum absolute atomic E-state index is 0.00340. The Balaban J connectivity index is 1.43. The van der Waals surface area contributed by atoms with Gasteiger partial charge in [-0.3, -0.25) is 9.89 Å². The van der Waals surface area contributed by atoms with Crippen molar-refractivity contribution in [1.82, 2.24) is 25.2 Å². The third-order valence-electron chi connectivity index (χ3n) is 4.65. The number of likely N-dealkylation sites (tertiary alicyclic amines) is 1. The van der Waals surface area contributed by atoms with Gasteiger partial charge in [-0.25, -0.2) is 4.98 Å². The molecule has 4 heterocycles. The van der Waals surface area contributed by atoms with Crippen LogP contribution in [-0.2, 0) is 4.74 Å². The Bertz CT molecular complexity index is 742. The van der Waals surface area contributed by atoms with E-state index >= 15 is 0 Å². The lowest BCUT2D eigenvalue weighted by molar-refractivity contribution is -0.00780. The summed E-state index contributed by atoms with van der Waals surface area (Å²) >= 11 is 0. The molecule has 2 aliphatic rings. The molecule has 0 radical (unpaired) electrons. The molecule has 1 N–H and O–H groups in total. The van der Waals surface area contributed by atoms with Gasteiger partial charge in [-0.15, -0.1) is 0 Å². The van der Waals surface area contributed by atoms with Gasteiger partial charge in [-0.05, 0) is 30.8 Å². The molecule has 9 nitrogen and oxygen atoms in total. The highest BCUT2D eigenvalue weighted by molar-refractivity contribution is 5.91. The number of methoxy groups -OCH3 is 1. The van der Waals surface area contributed by atoms with E-state index in [1.807, 2.05) is 6.92 Å². The number of amides is 1. The second-order valence-electron chi connectivity index (χ2n) is 6.21.